The number of nitrogens with zero attached hydrogens (tertiary/aromatic N) is 6. The summed E-state index contributed by atoms with van der Waals surface area (Å²) in [6.45, 7) is 2.45. The van der Waals surface area contributed by atoms with Crippen molar-refractivity contribution < 1.29 is 4.42 Å². The Morgan fingerprint density at radius 1 is 1.22 bits per heavy atom. The summed E-state index contributed by atoms with van der Waals surface area (Å²) in [5.74, 6) is 0.726. The zero-order chi connectivity index (χ0) is 15.8. The summed E-state index contributed by atoms with van der Waals surface area (Å²) in [5.41, 5.74) is 9.46. The number of rotatable bonds is 3. The van der Waals surface area contributed by atoms with E-state index in [1.807, 2.05) is 19.1 Å². The van der Waals surface area contributed by atoms with Crippen molar-refractivity contribution >= 4 is 17.1 Å². The fourth-order valence-electron chi connectivity index (χ4n) is 2.41. The number of hydrogen-bond donors (Lipinski definition) is 1. The number of furan rings is 1. The van der Waals surface area contributed by atoms with Gasteiger partial charge < -0.3 is 10.2 Å². The van der Waals surface area contributed by atoms with Gasteiger partial charge in [0.2, 0.25) is 5.95 Å². The first-order valence-corrected chi connectivity index (χ1v) is 7.03. The van der Waals surface area contributed by atoms with Crippen molar-refractivity contribution in [2.24, 2.45) is 0 Å². The molecule has 0 bridgehead atoms. The first-order chi connectivity index (χ1) is 11.2. The highest BCUT2D eigenvalue weighted by molar-refractivity contribution is 5.85. The summed E-state index contributed by atoms with van der Waals surface area (Å²) in [6, 6.07) is 7.46. The normalized spacial score (nSPS) is 11.2. The molecule has 0 fully saturated rings. The van der Waals surface area contributed by atoms with Crippen LogP contribution in [0.15, 0.2) is 41.1 Å². The number of aromatic nitrogens is 6. The molecule has 4 aromatic heterocycles. The van der Waals surface area contributed by atoms with Gasteiger partial charge in [-0.1, -0.05) is 11.3 Å². The van der Waals surface area contributed by atoms with Gasteiger partial charge in [0.25, 0.3) is 0 Å². The van der Waals surface area contributed by atoms with Crippen LogP contribution >= 0.6 is 0 Å². The molecule has 8 heteroatoms. The van der Waals surface area contributed by atoms with Crippen LogP contribution in [0.25, 0.3) is 22.6 Å². The summed E-state index contributed by atoms with van der Waals surface area (Å²) in [6.07, 6.45) is 3.33. The highest BCUT2D eigenvalue weighted by Gasteiger charge is 2.17. The van der Waals surface area contributed by atoms with E-state index in [4.69, 9.17) is 10.2 Å². The summed E-state index contributed by atoms with van der Waals surface area (Å²) in [4.78, 5) is 12.8. The molecule has 0 radical (unpaired) electrons. The maximum absolute atomic E-state index is 5.84. The molecule has 23 heavy (non-hydrogen) atoms. The van der Waals surface area contributed by atoms with Gasteiger partial charge in [-0.25, -0.2) is 9.67 Å². The number of anilines is 1. The second-order valence-electron chi connectivity index (χ2n) is 5.07. The molecule has 0 amide bonds. The van der Waals surface area contributed by atoms with Crippen molar-refractivity contribution in [2.75, 3.05) is 5.73 Å². The summed E-state index contributed by atoms with van der Waals surface area (Å²) in [7, 11) is 0. The third kappa shape index (κ3) is 2.30. The van der Waals surface area contributed by atoms with Gasteiger partial charge in [0, 0.05) is 11.9 Å². The van der Waals surface area contributed by atoms with Crippen LogP contribution in [-0.2, 0) is 6.54 Å². The number of hydrogen-bond acceptors (Lipinski definition) is 7. The third-order valence-corrected chi connectivity index (χ3v) is 3.57. The average Bonchev–Trinajstić information content (AvgIpc) is 3.19. The van der Waals surface area contributed by atoms with Crippen LogP contribution < -0.4 is 5.73 Å². The molecule has 114 valence electrons. The Balaban J connectivity index is 1.85. The lowest BCUT2D eigenvalue weighted by atomic mass is 10.2. The van der Waals surface area contributed by atoms with Gasteiger partial charge in [0.1, 0.15) is 5.69 Å². The monoisotopic (exact) mass is 307 g/mol. The zero-order valence-electron chi connectivity index (χ0n) is 12.3. The van der Waals surface area contributed by atoms with Gasteiger partial charge in [-0.2, -0.15) is 4.98 Å². The van der Waals surface area contributed by atoms with Crippen LogP contribution in [0.3, 0.4) is 0 Å². The first kappa shape index (κ1) is 13.4. The molecule has 4 aromatic rings. The van der Waals surface area contributed by atoms with Crippen LogP contribution in [0.4, 0.5) is 5.95 Å². The van der Waals surface area contributed by atoms with Crippen molar-refractivity contribution in [2.45, 2.75) is 13.5 Å². The van der Waals surface area contributed by atoms with Crippen molar-refractivity contribution in [3.8, 4) is 11.5 Å². The Hall–Kier alpha value is -3.29. The molecule has 0 aliphatic rings. The Morgan fingerprint density at radius 2 is 2.13 bits per heavy atom. The number of aryl methyl sites for hydroxylation is 1. The van der Waals surface area contributed by atoms with Crippen LogP contribution in [-0.4, -0.2) is 29.9 Å². The summed E-state index contributed by atoms with van der Waals surface area (Å²) in [5, 5.41) is 8.38. The number of fused-ring (bicyclic) bond motifs is 1. The number of pyridine rings is 1. The lowest BCUT2D eigenvalue weighted by Gasteiger charge is -2.05. The van der Waals surface area contributed by atoms with Gasteiger partial charge in [-0.05, 0) is 30.7 Å². The minimum atomic E-state index is 0.148. The maximum atomic E-state index is 5.84. The van der Waals surface area contributed by atoms with Crippen LogP contribution in [0.2, 0.25) is 0 Å². The third-order valence-electron chi connectivity index (χ3n) is 3.57. The van der Waals surface area contributed by atoms with E-state index in [1.54, 1.807) is 29.3 Å². The van der Waals surface area contributed by atoms with E-state index < -0.39 is 0 Å². The molecule has 0 saturated heterocycles. The van der Waals surface area contributed by atoms with Gasteiger partial charge in [-0.15, -0.1) is 5.10 Å². The number of nitrogen functional groups attached to an aromatic ring is 1. The standard InChI is InChI=1S/C15H13N7O/c1-9-10(4-2-6-17-9)8-22-14-13(20-21-22)12(18-15(16)19-14)11-5-3-7-23-11/h2-7H,8H2,1H3,(H2,16,18,19). The van der Waals surface area contributed by atoms with E-state index in [-0.39, 0.29) is 5.95 Å². The Bertz CT molecular complexity index is 975. The highest BCUT2D eigenvalue weighted by Crippen LogP contribution is 2.25. The van der Waals surface area contributed by atoms with Gasteiger partial charge >= 0.3 is 0 Å². The minimum Gasteiger partial charge on any atom is -0.463 e. The molecule has 0 aliphatic carbocycles. The SMILES string of the molecule is Cc1ncccc1Cn1nnc2c(-c3ccco3)nc(N)nc21. The molecule has 4 heterocycles. The Labute approximate surface area is 131 Å². The molecule has 0 spiro atoms. The predicted octanol–water partition coefficient (Wildman–Crippen LogP) is 1.82. The molecule has 0 saturated carbocycles. The molecule has 4 rings (SSSR count). The fraction of sp³-hybridized carbons (Fsp3) is 0.133. The summed E-state index contributed by atoms with van der Waals surface area (Å²) >= 11 is 0. The van der Waals surface area contributed by atoms with Crippen molar-refractivity contribution in [3.63, 3.8) is 0 Å². The van der Waals surface area contributed by atoms with Crippen LogP contribution in [0.5, 0.6) is 0 Å². The Kier molecular flexibility index (Phi) is 3.00. The molecule has 0 unspecified atom stereocenters. The molecule has 0 aliphatic heterocycles. The maximum Gasteiger partial charge on any atom is 0.222 e. The highest BCUT2D eigenvalue weighted by atomic mass is 16.3. The average molecular weight is 307 g/mol. The zero-order valence-corrected chi connectivity index (χ0v) is 12.3. The van der Waals surface area contributed by atoms with E-state index in [0.29, 0.717) is 29.2 Å². The van der Waals surface area contributed by atoms with E-state index in [2.05, 4.69) is 25.3 Å². The van der Waals surface area contributed by atoms with E-state index in [1.165, 1.54) is 0 Å². The van der Waals surface area contributed by atoms with Crippen molar-refractivity contribution in [3.05, 3.63) is 48.0 Å². The molecular formula is C15H13N7O. The quantitative estimate of drug-likeness (QED) is 0.614. The van der Waals surface area contributed by atoms with E-state index in [0.717, 1.165) is 11.3 Å². The van der Waals surface area contributed by atoms with Gasteiger partial charge in [-0.3, -0.25) is 4.98 Å². The lowest BCUT2D eigenvalue weighted by molar-refractivity contribution is 0.580. The molecule has 0 atom stereocenters. The first-order valence-electron chi connectivity index (χ1n) is 7.03. The number of nitrogens with two attached hydrogens (primary N) is 1. The molecule has 0 aromatic carbocycles. The second-order valence-corrected chi connectivity index (χ2v) is 5.07. The van der Waals surface area contributed by atoms with Crippen LogP contribution in [0.1, 0.15) is 11.3 Å². The Morgan fingerprint density at radius 3 is 2.91 bits per heavy atom. The molecule has 2 N–H and O–H groups in total. The molecule has 8 nitrogen and oxygen atoms in total. The summed E-state index contributed by atoms with van der Waals surface area (Å²) < 4.78 is 7.08. The second kappa shape index (κ2) is 5.16. The minimum absolute atomic E-state index is 0.148. The smallest absolute Gasteiger partial charge is 0.222 e. The largest absolute Gasteiger partial charge is 0.463 e. The van der Waals surface area contributed by atoms with Gasteiger partial charge in [0.05, 0.1) is 12.8 Å². The van der Waals surface area contributed by atoms with Crippen LogP contribution in [0, 0.1) is 6.92 Å². The topological polar surface area (TPSA) is 109 Å². The van der Waals surface area contributed by atoms with E-state index >= 15 is 0 Å². The van der Waals surface area contributed by atoms with Crippen molar-refractivity contribution in [1.82, 2.24) is 29.9 Å². The van der Waals surface area contributed by atoms with E-state index in [9.17, 15) is 0 Å². The van der Waals surface area contributed by atoms with Gasteiger partial charge in [0.15, 0.2) is 16.9 Å². The van der Waals surface area contributed by atoms with Crippen molar-refractivity contribution in [1.29, 1.82) is 0 Å². The fourth-order valence-corrected chi connectivity index (χ4v) is 2.41. The predicted molar refractivity (Wildman–Crippen MR) is 83.3 cm³/mol. The lowest BCUT2D eigenvalue weighted by Crippen LogP contribution is -2.06. The molecular weight excluding hydrogens is 294 g/mol.